The van der Waals surface area contributed by atoms with E-state index >= 15 is 0 Å². The Morgan fingerprint density at radius 3 is 2.56 bits per heavy atom. The van der Waals surface area contributed by atoms with E-state index in [0.29, 0.717) is 16.0 Å². The van der Waals surface area contributed by atoms with Crippen molar-refractivity contribution in [2.24, 2.45) is 0 Å². The Hall–Kier alpha value is -2.73. The van der Waals surface area contributed by atoms with Gasteiger partial charge in [-0.1, -0.05) is 32.0 Å². The predicted molar refractivity (Wildman–Crippen MR) is 106 cm³/mol. The molecule has 0 bridgehead atoms. The molecule has 140 valence electrons. The molecule has 1 heterocycles. The number of halogens is 1. The molecule has 0 aliphatic rings. The molecule has 0 saturated heterocycles. The van der Waals surface area contributed by atoms with Crippen molar-refractivity contribution < 1.29 is 18.7 Å². The lowest BCUT2D eigenvalue weighted by Gasteiger charge is -2.16. The number of amides is 1. The first kappa shape index (κ1) is 19.0. The Morgan fingerprint density at radius 2 is 1.81 bits per heavy atom. The van der Waals surface area contributed by atoms with Gasteiger partial charge in [-0.25, -0.2) is 9.18 Å². The van der Waals surface area contributed by atoms with Crippen LogP contribution in [0.2, 0.25) is 0 Å². The Labute approximate surface area is 161 Å². The molecule has 0 aliphatic carbocycles. The van der Waals surface area contributed by atoms with Gasteiger partial charge in [0.25, 0.3) is 5.91 Å². The molecular weight excluding hydrogens is 365 g/mol. The number of fused-ring (bicyclic) bond motifs is 1. The van der Waals surface area contributed by atoms with Crippen LogP contribution in [0.5, 0.6) is 0 Å². The molecule has 3 aromatic rings. The fourth-order valence-corrected chi connectivity index (χ4v) is 3.66. The van der Waals surface area contributed by atoms with E-state index in [0.717, 1.165) is 10.3 Å². The molecule has 0 saturated carbocycles. The number of hydrogen-bond acceptors (Lipinski definition) is 4. The van der Waals surface area contributed by atoms with Crippen LogP contribution in [0.1, 0.15) is 41.9 Å². The van der Waals surface area contributed by atoms with Gasteiger partial charge in [0.2, 0.25) is 0 Å². The van der Waals surface area contributed by atoms with Crippen LogP contribution >= 0.6 is 11.3 Å². The van der Waals surface area contributed by atoms with Crippen LogP contribution < -0.4 is 5.32 Å². The SMILES string of the molecule is CC(C)c1ccccc1NC(=O)[C@H](C)OC(=O)c1cc2cc(F)ccc2s1. The van der Waals surface area contributed by atoms with Gasteiger partial charge < -0.3 is 10.1 Å². The summed E-state index contributed by atoms with van der Waals surface area (Å²) in [7, 11) is 0. The molecule has 1 aromatic heterocycles. The van der Waals surface area contributed by atoms with Gasteiger partial charge in [-0.3, -0.25) is 4.79 Å². The molecule has 0 fully saturated rings. The fourth-order valence-electron chi connectivity index (χ4n) is 2.74. The third-order valence-corrected chi connectivity index (χ3v) is 5.27. The van der Waals surface area contributed by atoms with Crippen LogP contribution in [-0.2, 0) is 9.53 Å². The van der Waals surface area contributed by atoms with Crippen molar-refractivity contribution >= 4 is 39.0 Å². The van der Waals surface area contributed by atoms with Crippen molar-refractivity contribution in [3.63, 3.8) is 0 Å². The Balaban J connectivity index is 1.69. The summed E-state index contributed by atoms with van der Waals surface area (Å²) < 4.78 is 19.4. The van der Waals surface area contributed by atoms with Gasteiger partial charge in [0.1, 0.15) is 10.7 Å². The summed E-state index contributed by atoms with van der Waals surface area (Å²) in [6.07, 6.45) is -0.959. The number of ether oxygens (including phenoxy) is 1. The molecule has 0 radical (unpaired) electrons. The number of rotatable bonds is 5. The zero-order valence-electron chi connectivity index (χ0n) is 15.3. The summed E-state index contributed by atoms with van der Waals surface area (Å²) in [5.74, 6) is -1.12. The van der Waals surface area contributed by atoms with E-state index in [2.05, 4.69) is 5.32 Å². The lowest BCUT2D eigenvalue weighted by atomic mass is 10.0. The Kier molecular flexibility index (Phi) is 5.56. The number of anilines is 1. The van der Waals surface area contributed by atoms with Crippen LogP contribution in [0.3, 0.4) is 0 Å². The minimum absolute atomic E-state index is 0.248. The number of benzene rings is 2. The number of hydrogen-bond donors (Lipinski definition) is 1. The van der Waals surface area contributed by atoms with Crippen LogP contribution in [-0.4, -0.2) is 18.0 Å². The van der Waals surface area contributed by atoms with Gasteiger partial charge in [-0.2, -0.15) is 0 Å². The van der Waals surface area contributed by atoms with E-state index in [4.69, 9.17) is 4.74 Å². The zero-order chi connectivity index (χ0) is 19.6. The summed E-state index contributed by atoms with van der Waals surface area (Å²) in [5, 5.41) is 3.45. The smallest absolute Gasteiger partial charge is 0.349 e. The predicted octanol–water partition coefficient (Wildman–Crippen LogP) is 5.35. The number of thiophene rings is 1. The Morgan fingerprint density at radius 1 is 1.07 bits per heavy atom. The monoisotopic (exact) mass is 385 g/mol. The molecule has 1 N–H and O–H groups in total. The molecule has 1 atom stereocenters. The highest BCUT2D eigenvalue weighted by Gasteiger charge is 2.21. The van der Waals surface area contributed by atoms with Crippen molar-refractivity contribution in [2.45, 2.75) is 32.8 Å². The number of carbonyl (C=O) groups excluding carboxylic acids is 2. The van der Waals surface area contributed by atoms with E-state index in [-0.39, 0.29) is 11.7 Å². The van der Waals surface area contributed by atoms with Gasteiger partial charge in [0.05, 0.1) is 0 Å². The first-order chi connectivity index (χ1) is 12.8. The van der Waals surface area contributed by atoms with E-state index in [1.54, 1.807) is 12.1 Å². The molecule has 4 nitrogen and oxygen atoms in total. The van der Waals surface area contributed by atoms with E-state index < -0.39 is 18.0 Å². The summed E-state index contributed by atoms with van der Waals surface area (Å²) in [5.41, 5.74) is 1.72. The minimum Gasteiger partial charge on any atom is -0.448 e. The van der Waals surface area contributed by atoms with Crippen molar-refractivity contribution in [1.82, 2.24) is 0 Å². The molecule has 0 unspecified atom stereocenters. The first-order valence-electron chi connectivity index (χ1n) is 8.65. The third kappa shape index (κ3) is 4.34. The van der Waals surface area contributed by atoms with Crippen molar-refractivity contribution in [3.8, 4) is 0 Å². The molecule has 6 heteroatoms. The van der Waals surface area contributed by atoms with Gasteiger partial charge in [-0.15, -0.1) is 11.3 Å². The quantitative estimate of drug-likeness (QED) is 0.603. The summed E-state index contributed by atoms with van der Waals surface area (Å²) in [4.78, 5) is 25.1. The van der Waals surface area contributed by atoms with Gasteiger partial charge in [0, 0.05) is 10.4 Å². The standard InChI is InChI=1S/C21H20FNO3S/c1-12(2)16-6-4-5-7-17(16)23-20(24)13(3)26-21(25)19-11-14-10-15(22)8-9-18(14)27-19/h4-13H,1-3H3,(H,23,24)/t13-/m0/s1. The lowest BCUT2D eigenvalue weighted by Crippen LogP contribution is -2.30. The second-order valence-electron chi connectivity index (χ2n) is 6.57. The second kappa shape index (κ2) is 7.88. The lowest BCUT2D eigenvalue weighted by molar-refractivity contribution is -0.123. The third-order valence-electron chi connectivity index (χ3n) is 4.17. The number of esters is 1. The maximum atomic E-state index is 13.3. The molecular formula is C21H20FNO3S. The molecule has 1 amide bonds. The number of carbonyl (C=O) groups is 2. The van der Waals surface area contributed by atoms with E-state index in [9.17, 15) is 14.0 Å². The maximum Gasteiger partial charge on any atom is 0.349 e. The van der Waals surface area contributed by atoms with Crippen LogP contribution in [0.4, 0.5) is 10.1 Å². The topological polar surface area (TPSA) is 55.4 Å². The molecule has 27 heavy (non-hydrogen) atoms. The average Bonchev–Trinajstić information content (AvgIpc) is 3.05. The largest absolute Gasteiger partial charge is 0.448 e. The van der Waals surface area contributed by atoms with Gasteiger partial charge in [0.15, 0.2) is 6.10 Å². The normalized spacial score (nSPS) is 12.2. The second-order valence-corrected chi connectivity index (χ2v) is 7.66. The van der Waals surface area contributed by atoms with Crippen LogP contribution in [0, 0.1) is 5.82 Å². The molecule has 0 aliphatic heterocycles. The summed E-state index contributed by atoms with van der Waals surface area (Å²) in [6, 6.07) is 13.4. The number of para-hydroxylation sites is 1. The summed E-state index contributed by atoms with van der Waals surface area (Å²) in [6.45, 7) is 5.61. The summed E-state index contributed by atoms with van der Waals surface area (Å²) >= 11 is 1.21. The molecule has 0 spiro atoms. The van der Waals surface area contributed by atoms with Gasteiger partial charge >= 0.3 is 5.97 Å². The fraction of sp³-hybridized carbons (Fsp3) is 0.238. The van der Waals surface area contributed by atoms with Crippen molar-refractivity contribution in [1.29, 1.82) is 0 Å². The minimum atomic E-state index is -0.959. The van der Waals surface area contributed by atoms with Crippen molar-refractivity contribution in [2.75, 3.05) is 5.32 Å². The van der Waals surface area contributed by atoms with E-state index in [1.807, 2.05) is 38.1 Å². The van der Waals surface area contributed by atoms with E-state index in [1.165, 1.54) is 30.4 Å². The highest BCUT2D eigenvalue weighted by atomic mass is 32.1. The van der Waals surface area contributed by atoms with Gasteiger partial charge in [-0.05, 0) is 54.1 Å². The maximum absolute atomic E-state index is 13.3. The average molecular weight is 385 g/mol. The zero-order valence-corrected chi connectivity index (χ0v) is 16.1. The highest BCUT2D eigenvalue weighted by Crippen LogP contribution is 2.27. The first-order valence-corrected chi connectivity index (χ1v) is 9.46. The van der Waals surface area contributed by atoms with Crippen molar-refractivity contribution in [3.05, 3.63) is 64.8 Å². The van der Waals surface area contributed by atoms with Crippen LogP contribution in [0.15, 0.2) is 48.5 Å². The highest BCUT2D eigenvalue weighted by molar-refractivity contribution is 7.20. The number of nitrogens with one attached hydrogen (secondary N) is 1. The molecule has 3 rings (SSSR count). The van der Waals surface area contributed by atoms with Crippen LogP contribution in [0.25, 0.3) is 10.1 Å². The molecule has 2 aromatic carbocycles. The Bertz CT molecular complexity index is 996.